The minimum Gasteiger partial charge on any atom is -0.367 e. The molecule has 0 spiro atoms. The second-order valence-corrected chi connectivity index (χ2v) is 14.6. The second-order valence-electron chi connectivity index (χ2n) is 14.6. The molecule has 0 aliphatic carbocycles. The third-order valence-corrected chi connectivity index (χ3v) is 8.55. The summed E-state index contributed by atoms with van der Waals surface area (Å²) in [5, 5.41) is 5.09. The van der Waals surface area contributed by atoms with Gasteiger partial charge in [-0.25, -0.2) is 13.2 Å². The molecule has 1 aliphatic heterocycles. The molecule has 2 heterocycles. The number of pyridine rings is 1. The fraction of sp³-hybridized carbons (Fsp3) is 0.457. The molecule has 3 N–H and O–H groups in total. The van der Waals surface area contributed by atoms with Gasteiger partial charge in [-0.1, -0.05) is 26.8 Å². The Hall–Kier alpha value is -4.33. The van der Waals surface area contributed by atoms with Gasteiger partial charge in [-0.2, -0.15) is 13.2 Å². The lowest BCUT2D eigenvalue weighted by atomic mass is 9.81. The van der Waals surface area contributed by atoms with E-state index in [9.17, 15) is 27.6 Å². The van der Waals surface area contributed by atoms with Crippen molar-refractivity contribution in [2.75, 3.05) is 30.4 Å². The molecule has 4 rings (SSSR count). The molecule has 2 amide bonds. The van der Waals surface area contributed by atoms with E-state index < -0.39 is 74.4 Å². The standard InChI is InChI=1S/C35H41F6N5O3/c1-18-15-46(16-19(2)45(18)8)27-13-25(36)22(11-26(27)43-31(48)23-14-42-28(47)12-24(23)35(39,40)41)20-9-10-21(30(38)29(20)37)32(49)44-34(6,7)17-33(3,4)5/h9-14,18-19H,15-17H2,1-8H3,(H,42,47)(H,43,48)(H,44,49)/t18-,19+. The number of anilines is 2. The molecule has 49 heavy (non-hydrogen) atoms. The maximum absolute atomic E-state index is 15.9. The average molecular weight is 694 g/mol. The summed E-state index contributed by atoms with van der Waals surface area (Å²) in [6.07, 6.45) is -3.92. The molecule has 0 saturated carbocycles. The van der Waals surface area contributed by atoms with Crippen molar-refractivity contribution in [3.63, 3.8) is 0 Å². The van der Waals surface area contributed by atoms with Crippen LogP contribution in [0.4, 0.5) is 37.7 Å². The van der Waals surface area contributed by atoms with Crippen molar-refractivity contribution < 1.29 is 35.9 Å². The number of amides is 2. The van der Waals surface area contributed by atoms with E-state index in [4.69, 9.17) is 0 Å². The lowest BCUT2D eigenvalue weighted by Gasteiger charge is -2.44. The molecule has 0 radical (unpaired) electrons. The number of carbonyl (C=O) groups is 2. The average Bonchev–Trinajstić information content (AvgIpc) is 2.95. The fourth-order valence-electron chi connectivity index (χ4n) is 6.49. The molecule has 1 saturated heterocycles. The van der Waals surface area contributed by atoms with Crippen molar-refractivity contribution in [2.45, 2.75) is 78.7 Å². The lowest BCUT2D eigenvalue weighted by molar-refractivity contribution is -0.138. The highest BCUT2D eigenvalue weighted by molar-refractivity contribution is 6.07. The van der Waals surface area contributed by atoms with Gasteiger partial charge in [0.1, 0.15) is 5.82 Å². The van der Waals surface area contributed by atoms with Gasteiger partial charge in [0.25, 0.3) is 11.8 Å². The largest absolute Gasteiger partial charge is 0.417 e. The number of benzene rings is 2. The van der Waals surface area contributed by atoms with Crippen LogP contribution in [0.5, 0.6) is 0 Å². The van der Waals surface area contributed by atoms with Gasteiger partial charge in [0, 0.05) is 54.1 Å². The number of halogens is 6. The van der Waals surface area contributed by atoms with Gasteiger partial charge in [-0.05, 0) is 64.8 Å². The van der Waals surface area contributed by atoms with E-state index in [1.165, 1.54) is 0 Å². The van der Waals surface area contributed by atoms with Crippen molar-refractivity contribution in [3.8, 4) is 11.1 Å². The van der Waals surface area contributed by atoms with E-state index in [0.717, 1.165) is 24.3 Å². The van der Waals surface area contributed by atoms with Crippen LogP contribution in [-0.2, 0) is 6.18 Å². The first-order chi connectivity index (χ1) is 22.5. The molecular formula is C35H41F6N5O3. The molecule has 266 valence electrons. The third kappa shape index (κ3) is 8.46. The van der Waals surface area contributed by atoms with Gasteiger partial charge in [0.2, 0.25) is 5.56 Å². The summed E-state index contributed by atoms with van der Waals surface area (Å²) in [5.74, 6) is -6.23. The molecule has 0 bridgehead atoms. The first-order valence-electron chi connectivity index (χ1n) is 15.7. The van der Waals surface area contributed by atoms with Crippen LogP contribution in [0, 0.1) is 22.9 Å². The second kappa shape index (κ2) is 13.5. The number of nitrogens with zero attached hydrogens (tertiary/aromatic N) is 2. The first kappa shape index (κ1) is 37.5. The molecule has 3 aromatic rings. The molecule has 1 aromatic heterocycles. The van der Waals surface area contributed by atoms with Crippen molar-refractivity contribution >= 4 is 23.2 Å². The molecule has 14 heteroatoms. The van der Waals surface area contributed by atoms with E-state index in [2.05, 4.69) is 20.5 Å². The first-order valence-corrected chi connectivity index (χ1v) is 15.7. The maximum atomic E-state index is 15.9. The highest BCUT2D eigenvalue weighted by Gasteiger charge is 2.37. The number of likely N-dealkylation sites (N-methyl/N-ethyl adjacent to an activating group) is 1. The highest BCUT2D eigenvalue weighted by atomic mass is 19.4. The zero-order chi connectivity index (χ0) is 36.8. The predicted octanol–water partition coefficient (Wildman–Crippen LogP) is 7.20. The zero-order valence-corrected chi connectivity index (χ0v) is 28.6. The molecule has 1 aliphatic rings. The predicted molar refractivity (Wildman–Crippen MR) is 176 cm³/mol. The van der Waals surface area contributed by atoms with E-state index in [1.807, 2.05) is 41.7 Å². The minimum atomic E-state index is -5.06. The number of piperazine rings is 1. The molecular weight excluding hydrogens is 652 g/mol. The van der Waals surface area contributed by atoms with Crippen LogP contribution in [0.1, 0.15) is 81.2 Å². The van der Waals surface area contributed by atoms with Crippen molar-refractivity contribution in [3.05, 3.63) is 81.0 Å². The van der Waals surface area contributed by atoms with Crippen LogP contribution >= 0.6 is 0 Å². The topological polar surface area (TPSA) is 97.5 Å². The quantitative estimate of drug-likeness (QED) is 0.228. The smallest absolute Gasteiger partial charge is 0.367 e. The van der Waals surface area contributed by atoms with Gasteiger partial charge < -0.3 is 20.5 Å². The van der Waals surface area contributed by atoms with Gasteiger partial charge in [0.15, 0.2) is 11.6 Å². The molecule has 8 nitrogen and oxygen atoms in total. The third-order valence-electron chi connectivity index (χ3n) is 8.55. The van der Waals surface area contributed by atoms with Crippen molar-refractivity contribution in [1.82, 2.24) is 15.2 Å². The van der Waals surface area contributed by atoms with Gasteiger partial charge in [-0.3, -0.25) is 19.3 Å². The monoisotopic (exact) mass is 693 g/mol. The Morgan fingerprint density at radius 2 is 1.49 bits per heavy atom. The fourth-order valence-corrected chi connectivity index (χ4v) is 6.49. The van der Waals surface area contributed by atoms with Crippen molar-refractivity contribution in [1.29, 1.82) is 0 Å². The number of nitrogens with one attached hydrogen (secondary N) is 3. The SMILES string of the molecule is C[C@@H]1CN(c2cc(F)c(-c3ccc(C(=O)NC(C)(C)CC(C)(C)C)c(F)c3F)cc2NC(=O)c2c[nH]c(=O)cc2C(F)(F)F)C[C@H](C)N1C. The van der Waals surface area contributed by atoms with E-state index >= 15 is 13.2 Å². The highest BCUT2D eigenvalue weighted by Crippen LogP contribution is 2.39. The number of aromatic nitrogens is 1. The number of carbonyl (C=O) groups excluding carboxylic acids is 2. The Morgan fingerprint density at radius 3 is 2.06 bits per heavy atom. The maximum Gasteiger partial charge on any atom is 0.417 e. The number of aromatic amines is 1. The van der Waals surface area contributed by atoms with E-state index in [1.54, 1.807) is 18.7 Å². The van der Waals surface area contributed by atoms with E-state index in [-0.39, 0.29) is 34.9 Å². The molecule has 2 atom stereocenters. The van der Waals surface area contributed by atoms with Crippen LogP contribution in [0.15, 0.2) is 41.3 Å². The molecule has 0 unspecified atom stereocenters. The van der Waals surface area contributed by atoms with E-state index in [0.29, 0.717) is 25.7 Å². The van der Waals surface area contributed by atoms with Gasteiger partial charge in [0.05, 0.1) is 28.1 Å². The number of hydrogen-bond acceptors (Lipinski definition) is 5. The Labute approximate surface area is 280 Å². The number of rotatable bonds is 7. The summed E-state index contributed by atoms with van der Waals surface area (Å²) in [6, 6.07) is 4.20. The molecule has 2 aromatic carbocycles. The van der Waals surface area contributed by atoms with Crippen LogP contribution < -0.4 is 21.1 Å². The summed E-state index contributed by atoms with van der Waals surface area (Å²) in [7, 11) is 1.90. The number of hydrogen-bond donors (Lipinski definition) is 3. The van der Waals surface area contributed by atoms with Crippen LogP contribution in [0.25, 0.3) is 11.1 Å². The Bertz CT molecular complexity index is 1800. The van der Waals surface area contributed by atoms with Crippen LogP contribution in [0.2, 0.25) is 0 Å². The molecule has 1 fully saturated rings. The summed E-state index contributed by atoms with van der Waals surface area (Å²) in [4.78, 5) is 43.9. The van der Waals surface area contributed by atoms with Gasteiger partial charge in [-0.15, -0.1) is 0 Å². The minimum absolute atomic E-state index is 0.0512. The zero-order valence-electron chi connectivity index (χ0n) is 28.6. The lowest BCUT2D eigenvalue weighted by Crippen LogP contribution is -2.55. The van der Waals surface area contributed by atoms with Gasteiger partial charge >= 0.3 is 6.18 Å². The summed E-state index contributed by atoms with van der Waals surface area (Å²) < 4.78 is 88.5. The Balaban J connectivity index is 1.81. The van der Waals surface area contributed by atoms with Crippen LogP contribution in [0.3, 0.4) is 0 Å². The Kier molecular flexibility index (Phi) is 10.3. The normalized spacial score (nSPS) is 17.6. The number of alkyl halides is 3. The number of H-pyrrole nitrogens is 1. The summed E-state index contributed by atoms with van der Waals surface area (Å²) >= 11 is 0. The summed E-state index contributed by atoms with van der Waals surface area (Å²) in [6.45, 7) is 13.9. The van der Waals surface area contributed by atoms with Crippen LogP contribution in [-0.4, -0.2) is 59.5 Å². The Morgan fingerprint density at radius 1 is 0.878 bits per heavy atom. The summed E-state index contributed by atoms with van der Waals surface area (Å²) in [5.41, 5.74) is -6.24. The van der Waals surface area contributed by atoms with Crippen molar-refractivity contribution in [2.24, 2.45) is 5.41 Å².